The molecule has 0 aliphatic rings. The van der Waals surface area contributed by atoms with Crippen molar-refractivity contribution in [3.8, 4) is 45.3 Å². The van der Waals surface area contributed by atoms with Crippen molar-refractivity contribution in [2.45, 2.75) is 12.2 Å². The van der Waals surface area contributed by atoms with E-state index < -0.39 is 36.1 Å². The molecule has 0 bridgehead atoms. The quantitative estimate of drug-likeness (QED) is 0.0831. The molecule has 0 amide bonds. The van der Waals surface area contributed by atoms with Gasteiger partial charge in [-0.1, -0.05) is 109 Å². The van der Waals surface area contributed by atoms with E-state index in [1.165, 1.54) is 24.3 Å². The second-order valence-electron chi connectivity index (χ2n) is 14.7. The number of phenols is 1. The number of ether oxygens (including phenoxy) is 5. The first-order valence-corrected chi connectivity index (χ1v) is 20.5. The highest BCUT2D eigenvalue weighted by Crippen LogP contribution is 2.37. The highest BCUT2D eigenvalue weighted by Gasteiger charge is 2.33. The van der Waals surface area contributed by atoms with Gasteiger partial charge in [-0.3, -0.25) is 0 Å². The van der Waals surface area contributed by atoms with Crippen molar-refractivity contribution in [3.05, 3.63) is 240 Å². The number of hydrogen-bond donors (Lipinski definition) is 1. The first-order chi connectivity index (χ1) is 31.7. The minimum absolute atomic E-state index is 0.0499. The van der Waals surface area contributed by atoms with Crippen molar-refractivity contribution in [1.29, 1.82) is 0 Å². The molecule has 0 radical (unpaired) electrons. The molecule has 2 atom stereocenters. The summed E-state index contributed by atoms with van der Waals surface area (Å²) in [6.07, 6.45) is -2.05. The summed E-state index contributed by atoms with van der Waals surface area (Å²) in [4.78, 5) is 53.0. The molecule has 8 aromatic rings. The van der Waals surface area contributed by atoms with Crippen LogP contribution in [0, 0.1) is 0 Å². The van der Waals surface area contributed by atoms with Crippen molar-refractivity contribution in [1.82, 2.24) is 0 Å². The highest BCUT2D eigenvalue weighted by atomic mass is 16.6. The van der Waals surface area contributed by atoms with Gasteiger partial charge in [0.1, 0.15) is 23.0 Å². The predicted octanol–water partition coefficient (Wildman–Crippen LogP) is 11.7. The van der Waals surface area contributed by atoms with E-state index in [9.17, 15) is 24.3 Å². The zero-order valence-electron chi connectivity index (χ0n) is 34.9. The van der Waals surface area contributed by atoms with Gasteiger partial charge in [0, 0.05) is 0 Å². The van der Waals surface area contributed by atoms with Gasteiger partial charge in [0.25, 0.3) is 0 Å². The number of carbonyl (C=O) groups excluding carboxylic acids is 4. The highest BCUT2D eigenvalue weighted by molar-refractivity contribution is 5.93. The van der Waals surface area contributed by atoms with E-state index in [4.69, 9.17) is 23.7 Å². The number of methoxy groups -OCH3 is 1. The Bertz CT molecular complexity index is 2880. The molecule has 10 nitrogen and oxygen atoms in total. The lowest BCUT2D eigenvalue weighted by Gasteiger charge is -2.28. The molecule has 0 heterocycles. The fourth-order valence-corrected chi connectivity index (χ4v) is 6.95. The van der Waals surface area contributed by atoms with E-state index in [1.54, 1.807) is 116 Å². The minimum Gasteiger partial charge on any atom is -0.508 e. The molecule has 0 saturated carbocycles. The Balaban J connectivity index is 0.954. The zero-order chi connectivity index (χ0) is 45.1. The third kappa shape index (κ3) is 10.7. The average Bonchev–Trinajstić information content (AvgIpc) is 3.36. The second-order valence-corrected chi connectivity index (χ2v) is 14.7. The van der Waals surface area contributed by atoms with Gasteiger partial charge in [-0.25, -0.2) is 19.2 Å². The van der Waals surface area contributed by atoms with Gasteiger partial charge >= 0.3 is 23.9 Å². The van der Waals surface area contributed by atoms with Gasteiger partial charge in [-0.15, -0.1) is 0 Å². The summed E-state index contributed by atoms with van der Waals surface area (Å²) >= 11 is 0. The maximum Gasteiger partial charge on any atom is 0.343 e. The summed E-state index contributed by atoms with van der Waals surface area (Å²) in [6.45, 7) is 0. The van der Waals surface area contributed by atoms with E-state index in [-0.39, 0.29) is 16.9 Å². The number of rotatable bonds is 14. The molecule has 0 saturated heterocycles. The Kier molecular flexibility index (Phi) is 13.2. The number of esters is 4. The third-order valence-electron chi connectivity index (χ3n) is 10.5. The van der Waals surface area contributed by atoms with Crippen LogP contribution in [0.3, 0.4) is 0 Å². The predicted molar refractivity (Wildman–Crippen MR) is 244 cm³/mol. The van der Waals surface area contributed by atoms with Crippen LogP contribution in [0.2, 0.25) is 0 Å². The average molecular weight is 861 g/mol. The summed E-state index contributed by atoms with van der Waals surface area (Å²) < 4.78 is 28.7. The number of hydrogen-bond acceptors (Lipinski definition) is 10. The Morgan fingerprint density at radius 1 is 0.354 bits per heavy atom. The molecule has 0 fully saturated rings. The molecule has 320 valence electrons. The Morgan fingerprint density at radius 2 is 0.646 bits per heavy atom. The number of carbonyl (C=O) groups is 4. The maximum atomic E-state index is 13.9. The van der Waals surface area contributed by atoms with Crippen LogP contribution < -0.4 is 14.2 Å². The van der Waals surface area contributed by atoms with Crippen molar-refractivity contribution in [2.24, 2.45) is 0 Å². The van der Waals surface area contributed by atoms with Gasteiger partial charge in [0.05, 0.1) is 29.4 Å². The summed E-state index contributed by atoms with van der Waals surface area (Å²) in [6, 6.07) is 58.5. The molecule has 10 heteroatoms. The van der Waals surface area contributed by atoms with Gasteiger partial charge in [-0.2, -0.15) is 0 Å². The van der Waals surface area contributed by atoms with E-state index >= 15 is 0 Å². The van der Waals surface area contributed by atoms with Gasteiger partial charge in [0.15, 0.2) is 12.2 Å². The largest absolute Gasteiger partial charge is 0.508 e. The van der Waals surface area contributed by atoms with Crippen molar-refractivity contribution < 1.29 is 48.0 Å². The lowest BCUT2D eigenvalue weighted by Crippen LogP contribution is -2.23. The summed E-state index contributed by atoms with van der Waals surface area (Å²) in [5.74, 6) is -0.873. The van der Waals surface area contributed by atoms with E-state index in [2.05, 4.69) is 0 Å². The summed E-state index contributed by atoms with van der Waals surface area (Å²) in [7, 11) is 1.55. The second kappa shape index (κ2) is 20.0. The van der Waals surface area contributed by atoms with Crippen LogP contribution in [-0.2, 0) is 9.47 Å². The molecule has 1 N–H and O–H groups in total. The smallest absolute Gasteiger partial charge is 0.343 e. The third-order valence-corrected chi connectivity index (χ3v) is 10.5. The van der Waals surface area contributed by atoms with Crippen LogP contribution in [0.15, 0.2) is 206 Å². The van der Waals surface area contributed by atoms with Crippen LogP contribution in [0.1, 0.15) is 64.8 Å². The maximum absolute atomic E-state index is 13.9. The van der Waals surface area contributed by atoms with Crippen molar-refractivity contribution in [2.75, 3.05) is 7.11 Å². The standard InChI is InChI=1S/C55H40O10/c1-61-47-30-26-45(27-31-47)53(58)63-49-34-24-39(25-35-49)37-14-18-43(19-15-37)55(60)65-51(41-10-6-3-7-11-41)50(40-8-4-2-5-9-40)64-54(59)42-16-12-36(13-17-42)38-22-32-48(33-23-38)62-52(57)44-20-28-46(56)29-21-44/h2-35,50-51,56H,1H3. The van der Waals surface area contributed by atoms with Crippen LogP contribution in [-0.4, -0.2) is 36.1 Å². The Morgan fingerprint density at radius 3 is 1.00 bits per heavy atom. The van der Waals surface area contributed by atoms with E-state index in [0.717, 1.165) is 22.3 Å². The number of aromatic hydroxyl groups is 1. The normalized spacial score (nSPS) is 11.6. The van der Waals surface area contributed by atoms with Crippen molar-refractivity contribution in [3.63, 3.8) is 0 Å². The van der Waals surface area contributed by atoms with Crippen LogP contribution in [0.4, 0.5) is 0 Å². The topological polar surface area (TPSA) is 135 Å². The van der Waals surface area contributed by atoms with Gasteiger partial charge in [-0.05, 0) is 130 Å². The molecule has 0 aliphatic carbocycles. The summed E-state index contributed by atoms with van der Waals surface area (Å²) in [5, 5.41) is 9.50. The molecule has 2 unspecified atom stereocenters. The van der Waals surface area contributed by atoms with Gasteiger partial charge < -0.3 is 28.8 Å². The molecule has 65 heavy (non-hydrogen) atoms. The Labute approximate surface area is 374 Å². The molecule has 8 aromatic carbocycles. The first kappa shape index (κ1) is 42.9. The van der Waals surface area contributed by atoms with Crippen LogP contribution in [0.5, 0.6) is 23.0 Å². The fraction of sp³-hybridized carbons (Fsp3) is 0.0545. The van der Waals surface area contributed by atoms with Crippen molar-refractivity contribution >= 4 is 23.9 Å². The lowest BCUT2D eigenvalue weighted by molar-refractivity contribution is -0.0388. The lowest BCUT2D eigenvalue weighted by atomic mass is 9.97. The minimum atomic E-state index is -1.02. The summed E-state index contributed by atoms with van der Waals surface area (Å²) in [5.41, 5.74) is 5.80. The molecular weight excluding hydrogens is 821 g/mol. The first-order valence-electron chi connectivity index (χ1n) is 20.5. The van der Waals surface area contributed by atoms with E-state index in [0.29, 0.717) is 39.5 Å². The van der Waals surface area contributed by atoms with Gasteiger partial charge in [0.2, 0.25) is 0 Å². The Hall–Kier alpha value is -8.76. The number of benzene rings is 8. The fourth-order valence-electron chi connectivity index (χ4n) is 6.95. The molecule has 0 aliphatic heterocycles. The van der Waals surface area contributed by atoms with E-state index in [1.807, 2.05) is 72.8 Å². The molecule has 0 aromatic heterocycles. The molecule has 0 spiro atoms. The SMILES string of the molecule is COc1ccc(C(=O)Oc2ccc(-c3ccc(C(=O)OC(c4ccccc4)C(OC(=O)c4ccc(-c5ccc(OC(=O)c6ccc(O)cc6)cc5)cc4)c4ccccc4)cc3)cc2)cc1. The van der Waals surface area contributed by atoms with Crippen LogP contribution >= 0.6 is 0 Å². The number of phenolic OH excluding ortho intramolecular Hbond substituents is 1. The monoisotopic (exact) mass is 860 g/mol. The molecular formula is C55H40O10. The zero-order valence-corrected chi connectivity index (χ0v) is 34.9. The van der Waals surface area contributed by atoms with Crippen LogP contribution in [0.25, 0.3) is 22.3 Å². The molecule has 8 rings (SSSR count).